The molecule has 0 heterocycles. The van der Waals surface area contributed by atoms with Gasteiger partial charge in [-0.15, -0.1) is 0 Å². The third kappa shape index (κ3) is 3.97. The summed E-state index contributed by atoms with van der Waals surface area (Å²) >= 11 is 0. The summed E-state index contributed by atoms with van der Waals surface area (Å²) in [5.74, 6) is -2.88. The number of aliphatic carboxylic acids is 1. The van der Waals surface area contributed by atoms with Gasteiger partial charge in [-0.25, -0.2) is 4.79 Å². The summed E-state index contributed by atoms with van der Waals surface area (Å²) in [5, 5.41) is 8.40. The van der Waals surface area contributed by atoms with Crippen LogP contribution in [0, 0.1) is 0 Å². The zero-order valence-corrected chi connectivity index (χ0v) is 9.19. The molecule has 0 rings (SSSR count). The molecule has 6 nitrogen and oxygen atoms in total. The molecule has 1 N–H and O–H groups in total. The second-order valence-corrected chi connectivity index (χ2v) is 3.03. The maximum absolute atomic E-state index is 11.5. The van der Waals surface area contributed by atoms with Crippen LogP contribution in [-0.4, -0.2) is 59.4 Å². The minimum absolute atomic E-state index is 0.202. The fourth-order valence-electron chi connectivity index (χ4n) is 1.11. The molecule has 0 aliphatic rings. The summed E-state index contributed by atoms with van der Waals surface area (Å²) in [4.78, 5) is 35.2. The van der Waals surface area contributed by atoms with Crippen LogP contribution in [0.2, 0.25) is 0 Å². The van der Waals surface area contributed by atoms with Gasteiger partial charge in [-0.3, -0.25) is 9.59 Å². The van der Waals surface area contributed by atoms with E-state index in [2.05, 4.69) is 0 Å². The molecule has 0 aromatic carbocycles. The minimum atomic E-state index is -1.55. The van der Waals surface area contributed by atoms with Crippen molar-refractivity contribution < 1.29 is 19.5 Å². The Balaban J connectivity index is 4.29. The Morgan fingerprint density at radius 3 is 1.93 bits per heavy atom. The van der Waals surface area contributed by atoms with E-state index in [0.717, 1.165) is 4.90 Å². The third-order valence-corrected chi connectivity index (χ3v) is 2.02. The Kier molecular flexibility index (Phi) is 5.36. The summed E-state index contributed by atoms with van der Waals surface area (Å²) in [6.45, 7) is 4.53. The fourth-order valence-corrected chi connectivity index (χ4v) is 1.11. The predicted molar refractivity (Wildman–Crippen MR) is 53.2 cm³/mol. The first-order valence-electron chi connectivity index (χ1n) is 4.70. The summed E-state index contributed by atoms with van der Waals surface area (Å²) in [6.07, 6.45) is 0. The molecule has 0 unspecified atom stereocenters. The lowest BCUT2D eigenvalue weighted by Gasteiger charge is -2.22. The Labute approximate surface area is 88.5 Å². The summed E-state index contributed by atoms with van der Waals surface area (Å²) in [5.41, 5.74) is 0. The number of carboxylic acid groups (broad SMARTS) is 1. The van der Waals surface area contributed by atoms with Crippen LogP contribution in [0.5, 0.6) is 0 Å². The lowest BCUT2D eigenvalue weighted by molar-refractivity contribution is -0.156. The molecular weight excluding hydrogens is 200 g/mol. The highest BCUT2D eigenvalue weighted by Crippen LogP contribution is 1.93. The Bertz CT molecular complexity index is 261. The molecule has 2 amide bonds. The van der Waals surface area contributed by atoms with E-state index >= 15 is 0 Å². The van der Waals surface area contributed by atoms with Crippen LogP contribution in [0.4, 0.5) is 0 Å². The monoisotopic (exact) mass is 216 g/mol. The average Bonchev–Trinajstić information content (AvgIpc) is 2.18. The zero-order chi connectivity index (χ0) is 12.0. The highest BCUT2D eigenvalue weighted by atomic mass is 16.4. The molecule has 0 aliphatic heterocycles. The van der Waals surface area contributed by atoms with Crippen LogP contribution in [0.1, 0.15) is 13.8 Å². The summed E-state index contributed by atoms with van der Waals surface area (Å²) < 4.78 is 0. The van der Waals surface area contributed by atoms with Crippen molar-refractivity contribution in [3.63, 3.8) is 0 Å². The van der Waals surface area contributed by atoms with Crippen molar-refractivity contribution in [1.29, 1.82) is 0 Å². The van der Waals surface area contributed by atoms with Crippen molar-refractivity contribution in [1.82, 2.24) is 9.80 Å². The van der Waals surface area contributed by atoms with Gasteiger partial charge < -0.3 is 14.9 Å². The van der Waals surface area contributed by atoms with Gasteiger partial charge in [0, 0.05) is 20.1 Å². The van der Waals surface area contributed by atoms with Crippen LogP contribution in [0.15, 0.2) is 0 Å². The molecule has 0 radical (unpaired) electrons. The quantitative estimate of drug-likeness (QED) is 0.636. The number of rotatable bonds is 4. The second-order valence-electron chi connectivity index (χ2n) is 3.03. The van der Waals surface area contributed by atoms with Crippen LogP contribution >= 0.6 is 0 Å². The van der Waals surface area contributed by atoms with Gasteiger partial charge in [-0.05, 0) is 13.8 Å². The number of hydrogen-bond donors (Lipinski definition) is 1. The predicted octanol–water partition coefficient (Wildman–Crippen LogP) is -0.602. The van der Waals surface area contributed by atoms with Crippen molar-refractivity contribution in [2.75, 3.05) is 26.7 Å². The Morgan fingerprint density at radius 1 is 1.13 bits per heavy atom. The van der Waals surface area contributed by atoms with Gasteiger partial charge in [0.25, 0.3) is 0 Å². The van der Waals surface area contributed by atoms with Gasteiger partial charge in [0.2, 0.25) is 5.91 Å². The van der Waals surface area contributed by atoms with E-state index in [0.29, 0.717) is 13.1 Å². The Hall–Kier alpha value is -1.59. The van der Waals surface area contributed by atoms with Gasteiger partial charge in [0.05, 0.1) is 6.54 Å². The molecule has 0 bridgehead atoms. The van der Waals surface area contributed by atoms with Crippen molar-refractivity contribution in [3.05, 3.63) is 0 Å². The number of amides is 2. The third-order valence-electron chi connectivity index (χ3n) is 2.02. The molecule has 0 fully saturated rings. The normalized spacial score (nSPS) is 9.53. The van der Waals surface area contributed by atoms with Crippen LogP contribution < -0.4 is 0 Å². The topological polar surface area (TPSA) is 77.9 Å². The fraction of sp³-hybridized carbons (Fsp3) is 0.667. The average molecular weight is 216 g/mol. The molecular formula is C9H16N2O4. The van der Waals surface area contributed by atoms with E-state index < -0.39 is 11.9 Å². The van der Waals surface area contributed by atoms with Gasteiger partial charge in [-0.1, -0.05) is 0 Å². The first kappa shape index (κ1) is 13.4. The van der Waals surface area contributed by atoms with Crippen molar-refractivity contribution in [2.45, 2.75) is 13.8 Å². The van der Waals surface area contributed by atoms with Gasteiger partial charge >= 0.3 is 11.9 Å². The summed E-state index contributed by atoms with van der Waals surface area (Å²) in [7, 11) is 1.29. The van der Waals surface area contributed by atoms with E-state index in [4.69, 9.17) is 5.11 Å². The first-order chi connectivity index (χ1) is 6.93. The second kappa shape index (κ2) is 6.00. The van der Waals surface area contributed by atoms with E-state index in [-0.39, 0.29) is 12.5 Å². The van der Waals surface area contributed by atoms with E-state index in [9.17, 15) is 14.4 Å². The van der Waals surface area contributed by atoms with Crippen LogP contribution in [-0.2, 0) is 14.4 Å². The van der Waals surface area contributed by atoms with Gasteiger partial charge in [-0.2, -0.15) is 0 Å². The van der Waals surface area contributed by atoms with Crippen molar-refractivity contribution in [2.24, 2.45) is 0 Å². The molecule has 0 aromatic heterocycles. The largest absolute Gasteiger partial charge is 0.474 e. The Morgan fingerprint density at radius 2 is 1.60 bits per heavy atom. The SMILES string of the molecule is CCN(CC)C(=O)CN(C)C(=O)C(=O)O. The number of nitrogens with zero attached hydrogens (tertiary/aromatic N) is 2. The molecule has 0 saturated heterocycles. The first-order valence-corrected chi connectivity index (χ1v) is 4.70. The van der Waals surface area contributed by atoms with Gasteiger partial charge in [0.15, 0.2) is 0 Å². The number of carbonyl (C=O) groups is 3. The highest BCUT2D eigenvalue weighted by Gasteiger charge is 2.21. The summed E-state index contributed by atoms with van der Waals surface area (Å²) in [6, 6.07) is 0. The zero-order valence-electron chi connectivity index (χ0n) is 9.19. The molecule has 6 heteroatoms. The van der Waals surface area contributed by atoms with Crippen LogP contribution in [0.25, 0.3) is 0 Å². The molecule has 0 spiro atoms. The minimum Gasteiger partial charge on any atom is -0.474 e. The molecule has 15 heavy (non-hydrogen) atoms. The van der Waals surface area contributed by atoms with E-state index in [1.807, 2.05) is 13.8 Å². The van der Waals surface area contributed by atoms with E-state index in [1.54, 1.807) is 0 Å². The number of carboxylic acids is 1. The number of likely N-dealkylation sites (N-methyl/N-ethyl adjacent to an activating group) is 2. The number of carbonyl (C=O) groups excluding carboxylic acids is 2. The van der Waals surface area contributed by atoms with Crippen LogP contribution in [0.3, 0.4) is 0 Å². The van der Waals surface area contributed by atoms with Crippen molar-refractivity contribution >= 4 is 17.8 Å². The lowest BCUT2D eigenvalue weighted by Crippen LogP contribution is -2.43. The highest BCUT2D eigenvalue weighted by molar-refractivity contribution is 6.31. The lowest BCUT2D eigenvalue weighted by atomic mass is 10.4. The molecule has 0 saturated carbocycles. The molecule has 86 valence electrons. The maximum atomic E-state index is 11.5. The standard InChI is InChI=1S/C9H16N2O4/c1-4-11(5-2)7(12)6-10(3)8(13)9(14)15/h4-6H2,1-3H3,(H,14,15). The maximum Gasteiger partial charge on any atom is 0.394 e. The molecule has 0 atom stereocenters. The smallest absolute Gasteiger partial charge is 0.394 e. The van der Waals surface area contributed by atoms with Crippen molar-refractivity contribution in [3.8, 4) is 0 Å². The van der Waals surface area contributed by atoms with Gasteiger partial charge in [0.1, 0.15) is 0 Å². The molecule has 0 aliphatic carbocycles. The van der Waals surface area contributed by atoms with E-state index in [1.165, 1.54) is 11.9 Å². The number of hydrogen-bond acceptors (Lipinski definition) is 3. The molecule has 0 aromatic rings.